The van der Waals surface area contributed by atoms with Gasteiger partial charge in [0.2, 0.25) is 0 Å². The summed E-state index contributed by atoms with van der Waals surface area (Å²) in [7, 11) is 4.08. The van der Waals surface area contributed by atoms with Gasteiger partial charge in [-0.2, -0.15) is 0 Å². The minimum absolute atomic E-state index is 0.326. The van der Waals surface area contributed by atoms with E-state index in [1.54, 1.807) is 6.33 Å². The number of hydrogen-bond donors (Lipinski definition) is 0. The first-order valence-electron chi connectivity index (χ1n) is 6.84. The maximum absolute atomic E-state index is 5.80. The number of rotatable bonds is 3. The lowest BCUT2D eigenvalue weighted by Gasteiger charge is -2.28. The second-order valence-corrected chi connectivity index (χ2v) is 5.23. The molecule has 2 aromatic heterocycles. The SMILES string of the molecule is CN(CC1CCCCO1)c1ncnc2c1ccn2C. The average Bonchev–Trinajstić information content (AvgIpc) is 2.82. The zero-order valence-corrected chi connectivity index (χ0v) is 11.5. The second kappa shape index (κ2) is 5.17. The molecule has 0 bridgehead atoms. The Morgan fingerprint density at radius 2 is 2.32 bits per heavy atom. The fourth-order valence-corrected chi connectivity index (χ4v) is 2.71. The summed E-state index contributed by atoms with van der Waals surface area (Å²) < 4.78 is 7.82. The molecule has 2 aromatic rings. The Morgan fingerprint density at radius 1 is 1.42 bits per heavy atom. The third-order valence-corrected chi connectivity index (χ3v) is 3.75. The summed E-state index contributed by atoms with van der Waals surface area (Å²) in [5, 5.41) is 1.10. The van der Waals surface area contributed by atoms with E-state index in [9.17, 15) is 0 Å². The van der Waals surface area contributed by atoms with Crippen LogP contribution in [0.1, 0.15) is 19.3 Å². The van der Waals surface area contributed by atoms with Gasteiger partial charge < -0.3 is 14.2 Å². The summed E-state index contributed by atoms with van der Waals surface area (Å²) in [6.45, 7) is 1.78. The molecule has 1 atom stereocenters. The second-order valence-electron chi connectivity index (χ2n) is 5.23. The van der Waals surface area contributed by atoms with Gasteiger partial charge in [-0.05, 0) is 25.3 Å². The summed E-state index contributed by atoms with van der Waals surface area (Å²) in [6, 6.07) is 2.07. The maximum atomic E-state index is 5.80. The van der Waals surface area contributed by atoms with E-state index in [4.69, 9.17) is 4.74 Å². The molecule has 0 aromatic carbocycles. The van der Waals surface area contributed by atoms with Gasteiger partial charge in [0, 0.05) is 33.4 Å². The zero-order valence-electron chi connectivity index (χ0n) is 11.5. The van der Waals surface area contributed by atoms with Crippen molar-refractivity contribution in [2.24, 2.45) is 7.05 Å². The summed E-state index contributed by atoms with van der Waals surface area (Å²) >= 11 is 0. The predicted octanol–water partition coefficient (Wildman–Crippen LogP) is 1.97. The van der Waals surface area contributed by atoms with Gasteiger partial charge in [0.05, 0.1) is 11.5 Å². The van der Waals surface area contributed by atoms with E-state index >= 15 is 0 Å². The van der Waals surface area contributed by atoms with Crippen LogP contribution < -0.4 is 4.90 Å². The van der Waals surface area contributed by atoms with Crippen LogP contribution in [-0.4, -0.2) is 40.8 Å². The lowest BCUT2D eigenvalue weighted by atomic mass is 10.1. The van der Waals surface area contributed by atoms with E-state index in [1.165, 1.54) is 12.8 Å². The van der Waals surface area contributed by atoms with Gasteiger partial charge in [0.1, 0.15) is 17.8 Å². The zero-order chi connectivity index (χ0) is 13.2. The lowest BCUT2D eigenvalue weighted by Crippen LogP contribution is -2.33. The van der Waals surface area contributed by atoms with E-state index in [0.29, 0.717) is 6.10 Å². The molecule has 5 heteroatoms. The van der Waals surface area contributed by atoms with Crippen LogP contribution in [0.4, 0.5) is 5.82 Å². The molecule has 0 radical (unpaired) electrons. The van der Waals surface area contributed by atoms with E-state index in [2.05, 4.69) is 28.0 Å². The van der Waals surface area contributed by atoms with Gasteiger partial charge in [-0.15, -0.1) is 0 Å². The smallest absolute Gasteiger partial charge is 0.145 e. The van der Waals surface area contributed by atoms with Gasteiger partial charge in [-0.25, -0.2) is 9.97 Å². The maximum Gasteiger partial charge on any atom is 0.145 e. The van der Waals surface area contributed by atoms with Crippen LogP contribution in [0.3, 0.4) is 0 Å². The first kappa shape index (κ1) is 12.4. The van der Waals surface area contributed by atoms with Crippen LogP contribution in [0.15, 0.2) is 18.6 Å². The summed E-state index contributed by atoms with van der Waals surface area (Å²) in [5.74, 6) is 0.986. The van der Waals surface area contributed by atoms with Gasteiger partial charge in [-0.1, -0.05) is 0 Å². The minimum atomic E-state index is 0.326. The first-order valence-corrected chi connectivity index (χ1v) is 6.84. The molecule has 0 saturated carbocycles. The molecule has 0 amide bonds. The molecule has 0 aliphatic carbocycles. The van der Waals surface area contributed by atoms with E-state index in [0.717, 1.165) is 36.4 Å². The summed E-state index contributed by atoms with van der Waals surface area (Å²) in [4.78, 5) is 10.9. The van der Waals surface area contributed by atoms with Gasteiger partial charge in [-0.3, -0.25) is 0 Å². The van der Waals surface area contributed by atoms with Crippen molar-refractivity contribution in [3.63, 3.8) is 0 Å². The van der Waals surface area contributed by atoms with Crippen LogP contribution in [-0.2, 0) is 11.8 Å². The van der Waals surface area contributed by atoms with Crippen LogP contribution in [0.5, 0.6) is 0 Å². The van der Waals surface area contributed by atoms with Crippen molar-refractivity contribution < 1.29 is 4.74 Å². The van der Waals surface area contributed by atoms with Crippen molar-refractivity contribution in [3.8, 4) is 0 Å². The fourth-order valence-electron chi connectivity index (χ4n) is 2.71. The molecule has 1 unspecified atom stereocenters. The standard InChI is InChI=1S/C14H20N4O/c1-17-7-6-12-13(17)15-10-16-14(12)18(2)9-11-5-3-4-8-19-11/h6-7,10-11H,3-5,8-9H2,1-2H3. The quantitative estimate of drug-likeness (QED) is 0.846. The Kier molecular flexibility index (Phi) is 3.38. The molecule has 1 fully saturated rings. The van der Waals surface area contributed by atoms with E-state index < -0.39 is 0 Å². The average molecular weight is 260 g/mol. The third kappa shape index (κ3) is 2.42. The van der Waals surface area contributed by atoms with Crippen molar-refractivity contribution in [1.29, 1.82) is 0 Å². The van der Waals surface area contributed by atoms with E-state index in [-0.39, 0.29) is 0 Å². The van der Waals surface area contributed by atoms with Crippen molar-refractivity contribution >= 4 is 16.9 Å². The summed E-state index contributed by atoms with van der Waals surface area (Å²) in [6.07, 6.45) is 7.59. The number of aryl methyl sites for hydroxylation is 1. The van der Waals surface area contributed by atoms with Crippen LogP contribution >= 0.6 is 0 Å². The molecule has 0 N–H and O–H groups in total. The number of nitrogens with zero attached hydrogens (tertiary/aromatic N) is 4. The van der Waals surface area contributed by atoms with Crippen LogP contribution in [0, 0.1) is 0 Å². The molecule has 3 heterocycles. The van der Waals surface area contributed by atoms with Crippen molar-refractivity contribution in [2.75, 3.05) is 25.1 Å². The summed E-state index contributed by atoms with van der Waals surface area (Å²) in [5.41, 5.74) is 0.974. The Labute approximate surface area is 113 Å². The molecule has 1 saturated heterocycles. The van der Waals surface area contributed by atoms with Gasteiger partial charge in [0.25, 0.3) is 0 Å². The normalized spacial score (nSPS) is 19.8. The number of hydrogen-bond acceptors (Lipinski definition) is 4. The number of likely N-dealkylation sites (N-methyl/N-ethyl adjacent to an activating group) is 1. The number of anilines is 1. The molecule has 0 spiro atoms. The monoisotopic (exact) mass is 260 g/mol. The molecule has 3 rings (SSSR count). The highest BCUT2D eigenvalue weighted by Crippen LogP contribution is 2.23. The van der Waals surface area contributed by atoms with Gasteiger partial charge in [0.15, 0.2) is 0 Å². The van der Waals surface area contributed by atoms with Crippen molar-refractivity contribution in [1.82, 2.24) is 14.5 Å². The minimum Gasteiger partial charge on any atom is -0.376 e. The molecule has 1 aliphatic rings. The molecule has 1 aliphatic heterocycles. The van der Waals surface area contributed by atoms with E-state index in [1.807, 2.05) is 17.8 Å². The largest absolute Gasteiger partial charge is 0.376 e. The molecular formula is C14H20N4O. The Hall–Kier alpha value is -1.62. The Morgan fingerprint density at radius 3 is 3.11 bits per heavy atom. The predicted molar refractivity (Wildman–Crippen MR) is 75.4 cm³/mol. The highest BCUT2D eigenvalue weighted by molar-refractivity contribution is 5.87. The molecular weight excluding hydrogens is 240 g/mol. The molecule has 19 heavy (non-hydrogen) atoms. The Bertz CT molecular complexity index is 560. The van der Waals surface area contributed by atoms with Gasteiger partial charge >= 0.3 is 0 Å². The van der Waals surface area contributed by atoms with Crippen LogP contribution in [0.25, 0.3) is 11.0 Å². The highest BCUT2D eigenvalue weighted by atomic mass is 16.5. The van der Waals surface area contributed by atoms with Crippen molar-refractivity contribution in [3.05, 3.63) is 18.6 Å². The fraction of sp³-hybridized carbons (Fsp3) is 0.571. The topological polar surface area (TPSA) is 43.2 Å². The molecule has 102 valence electrons. The number of aromatic nitrogens is 3. The van der Waals surface area contributed by atoms with Crippen LogP contribution in [0.2, 0.25) is 0 Å². The third-order valence-electron chi connectivity index (χ3n) is 3.75. The number of ether oxygens (including phenoxy) is 1. The van der Waals surface area contributed by atoms with Crippen molar-refractivity contribution in [2.45, 2.75) is 25.4 Å². The number of fused-ring (bicyclic) bond motifs is 1. The molecule has 5 nitrogen and oxygen atoms in total. The first-order chi connectivity index (χ1) is 9.25. The Balaban J connectivity index is 1.82. The lowest BCUT2D eigenvalue weighted by molar-refractivity contribution is 0.0215. The highest BCUT2D eigenvalue weighted by Gasteiger charge is 2.18.